The summed E-state index contributed by atoms with van der Waals surface area (Å²) in [5.74, 6) is 2.35. The van der Waals surface area contributed by atoms with E-state index in [-0.39, 0.29) is 18.6 Å². The predicted molar refractivity (Wildman–Crippen MR) is 130 cm³/mol. The zero-order valence-electron chi connectivity index (χ0n) is 19.2. The molecule has 33 heavy (non-hydrogen) atoms. The van der Waals surface area contributed by atoms with Crippen LogP contribution in [-0.2, 0) is 11.3 Å². The van der Waals surface area contributed by atoms with Crippen molar-refractivity contribution in [2.75, 3.05) is 25.6 Å². The number of hydrogen-bond donors (Lipinski definition) is 1. The molecule has 1 saturated carbocycles. The second kappa shape index (κ2) is 11.5. The third kappa shape index (κ3) is 6.22. The van der Waals surface area contributed by atoms with Crippen LogP contribution in [0.2, 0.25) is 0 Å². The minimum atomic E-state index is -0.0409. The number of nitrogens with one attached hydrogen (secondary N) is 1. The van der Waals surface area contributed by atoms with Crippen molar-refractivity contribution < 1.29 is 19.1 Å². The van der Waals surface area contributed by atoms with Crippen LogP contribution in [-0.4, -0.2) is 42.3 Å². The van der Waals surface area contributed by atoms with Crippen LogP contribution in [0.25, 0.3) is 0 Å². The first-order valence-corrected chi connectivity index (χ1v) is 12.8. The van der Waals surface area contributed by atoms with Crippen molar-refractivity contribution in [3.8, 4) is 11.5 Å². The third-order valence-electron chi connectivity index (χ3n) is 6.27. The fraction of sp³-hybridized carbons (Fsp3) is 0.462. The van der Waals surface area contributed by atoms with Gasteiger partial charge in [-0.3, -0.25) is 9.59 Å². The number of hydrogen-bond acceptors (Lipinski definition) is 5. The molecule has 4 rings (SSSR count). The SMILES string of the molecule is CCN(Cc1ccc2c(c1)OCO2)C(=O)c1ccccc1SCC(=O)NCC1CCCCC1. The largest absolute Gasteiger partial charge is 0.454 e. The molecule has 1 aliphatic carbocycles. The Balaban J connectivity index is 1.35. The van der Waals surface area contributed by atoms with Gasteiger partial charge in [-0.25, -0.2) is 0 Å². The molecular weight excluding hydrogens is 436 g/mol. The molecule has 0 spiro atoms. The van der Waals surface area contributed by atoms with Crippen molar-refractivity contribution in [3.63, 3.8) is 0 Å². The Morgan fingerprint density at radius 1 is 1.06 bits per heavy atom. The summed E-state index contributed by atoms with van der Waals surface area (Å²) in [4.78, 5) is 28.4. The Bertz CT molecular complexity index is 975. The maximum absolute atomic E-state index is 13.4. The lowest BCUT2D eigenvalue weighted by Gasteiger charge is -2.23. The van der Waals surface area contributed by atoms with Crippen LogP contribution < -0.4 is 14.8 Å². The van der Waals surface area contributed by atoms with E-state index in [1.165, 1.54) is 43.9 Å². The van der Waals surface area contributed by atoms with E-state index in [1.807, 2.05) is 49.4 Å². The normalized spacial score (nSPS) is 15.3. The van der Waals surface area contributed by atoms with Crippen molar-refractivity contribution in [2.24, 2.45) is 5.92 Å². The van der Waals surface area contributed by atoms with Gasteiger partial charge in [-0.15, -0.1) is 11.8 Å². The van der Waals surface area contributed by atoms with Gasteiger partial charge in [-0.2, -0.15) is 0 Å². The van der Waals surface area contributed by atoms with E-state index in [4.69, 9.17) is 9.47 Å². The second-order valence-electron chi connectivity index (χ2n) is 8.60. The van der Waals surface area contributed by atoms with Gasteiger partial charge in [0.1, 0.15) is 0 Å². The number of carbonyl (C=O) groups excluding carboxylic acids is 2. The van der Waals surface area contributed by atoms with E-state index in [0.29, 0.717) is 36.1 Å². The molecule has 0 saturated heterocycles. The number of fused-ring (bicyclic) bond motifs is 1. The van der Waals surface area contributed by atoms with Gasteiger partial charge in [-0.1, -0.05) is 37.5 Å². The van der Waals surface area contributed by atoms with Crippen molar-refractivity contribution in [2.45, 2.75) is 50.5 Å². The van der Waals surface area contributed by atoms with E-state index in [9.17, 15) is 9.59 Å². The van der Waals surface area contributed by atoms with E-state index < -0.39 is 0 Å². The molecule has 7 heteroatoms. The summed E-state index contributed by atoms with van der Waals surface area (Å²) in [6, 6.07) is 13.3. The quantitative estimate of drug-likeness (QED) is 0.532. The van der Waals surface area contributed by atoms with Crippen LogP contribution in [0.15, 0.2) is 47.4 Å². The third-order valence-corrected chi connectivity index (χ3v) is 7.34. The number of carbonyl (C=O) groups is 2. The molecule has 1 fully saturated rings. The summed E-state index contributed by atoms with van der Waals surface area (Å²) >= 11 is 1.42. The van der Waals surface area contributed by atoms with Crippen molar-refractivity contribution >= 4 is 23.6 Å². The van der Waals surface area contributed by atoms with E-state index in [1.54, 1.807) is 4.90 Å². The Kier molecular flexibility index (Phi) is 8.15. The lowest BCUT2D eigenvalue weighted by Crippen LogP contribution is -2.32. The number of nitrogens with zero attached hydrogens (tertiary/aromatic N) is 1. The van der Waals surface area contributed by atoms with Crippen molar-refractivity contribution in [3.05, 3.63) is 53.6 Å². The average Bonchev–Trinajstić information content (AvgIpc) is 3.33. The highest BCUT2D eigenvalue weighted by Gasteiger charge is 2.21. The zero-order valence-corrected chi connectivity index (χ0v) is 20.0. The van der Waals surface area contributed by atoms with Gasteiger partial charge >= 0.3 is 0 Å². The number of rotatable bonds is 9. The van der Waals surface area contributed by atoms with E-state index in [2.05, 4.69) is 5.32 Å². The van der Waals surface area contributed by atoms with Crippen LogP contribution >= 0.6 is 11.8 Å². The van der Waals surface area contributed by atoms with Crippen molar-refractivity contribution in [1.29, 1.82) is 0 Å². The number of amides is 2. The molecule has 0 radical (unpaired) electrons. The first-order valence-electron chi connectivity index (χ1n) is 11.8. The summed E-state index contributed by atoms with van der Waals surface area (Å²) in [6.07, 6.45) is 6.27. The molecule has 176 valence electrons. The highest BCUT2D eigenvalue weighted by molar-refractivity contribution is 8.00. The predicted octanol–water partition coefficient (Wildman–Crippen LogP) is 4.87. The fourth-order valence-corrected chi connectivity index (χ4v) is 5.24. The van der Waals surface area contributed by atoms with Gasteiger partial charge in [0.15, 0.2) is 11.5 Å². The molecule has 0 aromatic heterocycles. The maximum atomic E-state index is 13.4. The van der Waals surface area contributed by atoms with E-state index in [0.717, 1.165) is 22.8 Å². The number of thioether (sulfide) groups is 1. The molecule has 2 aliphatic rings. The summed E-state index contributed by atoms with van der Waals surface area (Å²) < 4.78 is 10.8. The Labute approximate surface area is 200 Å². The van der Waals surface area contributed by atoms with Gasteiger partial charge in [0.2, 0.25) is 12.7 Å². The highest BCUT2D eigenvalue weighted by atomic mass is 32.2. The summed E-state index contributed by atoms with van der Waals surface area (Å²) in [5.41, 5.74) is 1.62. The van der Waals surface area contributed by atoms with Crippen molar-refractivity contribution in [1.82, 2.24) is 10.2 Å². The fourth-order valence-electron chi connectivity index (χ4n) is 4.37. The first-order chi connectivity index (χ1) is 16.1. The molecule has 1 N–H and O–H groups in total. The molecular formula is C26H32N2O4S. The average molecular weight is 469 g/mol. The molecule has 2 amide bonds. The molecule has 1 aliphatic heterocycles. The lowest BCUT2D eigenvalue weighted by atomic mass is 9.89. The topological polar surface area (TPSA) is 67.9 Å². The molecule has 2 aromatic rings. The Morgan fingerprint density at radius 3 is 2.67 bits per heavy atom. The van der Waals surface area contributed by atoms with Gasteiger partial charge in [0, 0.05) is 24.5 Å². The smallest absolute Gasteiger partial charge is 0.255 e. The standard InChI is InChI=1S/C26H32N2O4S/c1-2-28(16-20-12-13-22-23(14-20)32-18-31-22)26(30)21-10-6-7-11-24(21)33-17-25(29)27-15-19-8-4-3-5-9-19/h6-7,10-14,19H,2-5,8-9,15-18H2,1H3,(H,27,29). The summed E-state index contributed by atoms with van der Waals surface area (Å²) in [6.45, 7) is 4.02. The molecule has 0 bridgehead atoms. The lowest BCUT2D eigenvalue weighted by molar-refractivity contribution is -0.118. The minimum absolute atomic E-state index is 0.0283. The van der Waals surface area contributed by atoms with Gasteiger partial charge < -0.3 is 19.7 Å². The van der Waals surface area contributed by atoms with E-state index >= 15 is 0 Å². The summed E-state index contributed by atoms with van der Waals surface area (Å²) in [5, 5.41) is 3.08. The van der Waals surface area contributed by atoms with Gasteiger partial charge in [0.25, 0.3) is 5.91 Å². The van der Waals surface area contributed by atoms with Gasteiger partial charge in [0.05, 0.1) is 11.3 Å². The molecule has 0 atom stereocenters. The molecule has 6 nitrogen and oxygen atoms in total. The summed E-state index contributed by atoms with van der Waals surface area (Å²) in [7, 11) is 0. The monoisotopic (exact) mass is 468 g/mol. The molecule has 0 unspecified atom stereocenters. The van der Waals surface area contributed by atoms with Crippen LogP contribution in [0.4, 0.5) is 0 Å². The number of ether oxygens (including phenoxy) is 2. The van der Waals surface area contributed by atoms with Crippen LogP contribution in [0.5, 0.6) is 11.5 Å². The van der Waals surface area contributed by atoms with Crippen LogP contribution in [0.1, 0.15) is 54.9 Å². The second-order valence-corrected chi connectivity index (χ2v) is 9.62. The van der Waals surface area contributed by atoms with Crippen LogP contribution in [0, 0.1) is 5.92 Å². The zero-order chi connectivity index (χ0) is 23.0. The Hall–Kier alpha value is -2.67. The highest BCUT2D eigenvalue weighted by Crippen LogP contribution is 2.33. The van der Waals surface area contributed by atoms with Crippen LogP contribution in [0.3, 0.4) is 0 Å². The Morgan fingerprint density at radius 2 is 1.85 bits per heavy atom. The minimum Gasteiger partial charge on any atom is -0.454 e. The maximum Gasteiger partial charge on any atom is 0.255 e. The molecule has 2 aromatic carbocycles. The molecule has 1 heterocycles. The number of benzene rings is 2. The van der Waals surface area contributed by atoms with Gasteiger partial charge in [-0.05, 0) is 55.5 Å². The first kappa shape index (κ1) is 23.5.